The number of hydrogen-bond donors (Lipinski definition) is 1. The average molecular weight is 348 g/mol. The van der Waals surface area contributed by atoms with Gasteiger partial charge in [-0.1, -0.05) is 24.3 Å². The Balaban J connectivity index is 1.43. The van der Waals surface area contributed by atoms with Crippen molar-refractivity contribution in [2.24, 2.45) is 0 Å². The van der Waals surface area contributed by atoms with Gasteiger partial charge in [0.2, 0.25) is 0 Å². The minimum absolute atomic E-state index is 0.383. The molecule has 26 heavy (non-hydrogen) atoms. The zero-order chi connectivity index (χ0) is 17.9. The van der Waals surface area contributed by atoms with Crippen molar-refractivity contribution in [3.8, 4) is 0 Å². The Morgan fingerprint density at radius 3 is 2.31 bits per heavy atom. The maximum absolute atomic E-state index is 12.1. The van der Waals surface area contributed by atoms with E-state index in [1.54, 1.807) is 12.4 Å². The van der Waals surface area contributed by atoms with E-state index in [1.807, 2.05) is 35.2 Å². The molecule has 6 nitrogen and oxygen atoms in total. The van der Waals surface area contributed by atoms with Gasteiger partial charge in [0.1, 0.15) is 11.4 Å². The highest BCUT2D eigenvalue weighted by atomic mass is 16.2. The summed E-state index contributed by atoms with van der Waals surface area (Å²) in [7, 11) is 0. The summed E-state index contributed by atoms with van der Waals surface area (Å²) in [5, 5.41) is 3.12. The summed E-state index contributed by atoms with van der Waals surface area (Å²) < 4.78 is 0. The standard InChI is InChI=1S/C20H20N4O2/c25-19-17(22-14-15-5-4-8-21-13-15)18(20(19)26)24-11-9-23(10-12-24)16-6-2-1-3-7-16/h1-8,13,22H,9-12,14H2. The lowest BCUT2D eigenvalue weighted by molar-refractivity contribution is 0.650. The molecule has 0 amide bonds. The fourth-order valence-electron chi connectivity index (χ4n) is 3.37. The molecule has 1 aliphatic rings. The second kappa shape index (κ2) is 7.00. The summed E-state index contributed by atoms with van der Waals surface area (Å²) in [6.45, 7) is 3.58. The lowest BCUT2D eigenvalue weighted by Crippen LogP contribution is -2.51. The average Bonchev–Trinajstić information content (AvgIpc) is 2.72. The Hall–Kier alpha value is -3.15. The van der Waals surface area contributed by atoms with E-state index >= 15 is 0 Å². The largest absolute Gasteiger partial charge is 0.376 e. The number of hydrogen-bond acceptors (Lipinski definition) is 6. The van der Waals surface area contributed by atoms with Gasteiger partial charge in [-0.3, -0.25) is 14.6 Å². The van der Waals surface area contributed by atoms with Crippen molar-refractivity contribution in [3.05, 3.63) is 80.9 Å². The van der Waals surface area contributed by atoms with Crippen LogP contribution in [0.1, 0.15) is 5.56 Å². The molecule has 1 fully saturated rings. The first-order chi connectivity index (χ1) is 12.7. The molecule has 1 aliphatic heterocycles. The van der Waals surface area contributed by atoms with E-state index in [1.165, 1.54) is 5.69 Å². The number of benzene rings is 1. The molecule has 0 radical (unpaired) electrons. The van der Waals surface area contributed by atoms with Crippen LogP contribution in [0.3, 0.4) is 0 Å². The van der Waals surface area contributed by atoms with E-state index in [0.717, 1.165) is 31.7 Å². The summed E-state index contributed by atoms with van der Waals surface area (Å²) in [6.07, 6.45) is 3.45. The minimum Gasteiger partial charge on any atom is -0.376 e. The minimum atomic E-state index is -0.422. The summed E-state index contributed by atoms with van der Waals surface area (Å²) in [5.41, 5.74) is 2.33. The number of pyridine rings is 1. The van der Waals surface area contributed by atoms with Crippen LogP contribution in [0.2, 0.25) is 0 Å². The number of para-hydroxylation sites is 1. The smallest absolute Gasteiger partial charge is 0.253 e. The maximum atomic E-state index is 12.1. The van der Waals surface area contributed by atoms with Gasteiger partial charge in [0.05, 0.1) is 0 Å². The van der Waals surface area contributed by atoms with Gasteiger partial charge in [0.15, 0.2) is 0 Å². The number of piperazine rings is 1. The number of nitrogens with one attached hydrogen (secondary N) is 1. The molecule has 0 spiro atoms. The van der Waals surface area contributed by atoms with Crippen LogP contribution >= 0.6 is 0 Å². The van der Waals surface area contributed by atoms with Crippen LogP contribution in [0.5, 0.6) is 0 Å². The number of rotatable bonds is 5. The van der Waals surface area contributed by atoms with Gasteiger partial charge < -0.3 is 15.1 Å². The third-order valence-electron chi connectivity index (χ3n) is 4.79. The first-order valence-corrected chi connectivity index (χ1v) is 8.75. The van der Waals surface area contributed by atoms with Gasteiger partial charge in [-0.25, -0.2) is 0 Å². The molecule has 0 bridgehead atoms. The van der Waals surface area contributed by atoms with Crippen molar-refractivity contribution in [1.29, 1.82) is 0 Å². The molecule has 1 aromatic heterocycles. The highest BCUT2D eigenvalue weighted by Crippen LogP contribution is 2.24. The topological polar surface area (TPSA) is 65.5 Å². The Kier molecular flexibility index (Phi) is 4.39. The van der Waals surface area contributed by atoms with Crippen LogP contribution in [0, 0.1) is 0 Å². The van der Waals surface area contributed by atoms with Gasteiger partial charge in [0, 0.05) is 50.8 Å². The molecular weight excluding hydrogens is 328 g/mol. The first-order valence-electron chi connectivity index (χ1n) is 8.75. The summed E-state index contributed by atoms with van der Waals surface area (Å²) in [4.78, 5) is 32.5. The quantitative estimate of drug-likeness (QED) is 0.707. The normalized spacial score (nSPS) is 14.6. The lowest BCUT2D eigenvalue weighted by Gasteiger charge is -2.38. The lowest BCUT2D eigenvalue weighted by atomic mass is 10.1. The molecule has 0 unspecified atom stereocenters. The third kappa shape index (κ3) is 3.06. The zero-order valence-electron chi connectivity index (χ0n) is 14.4. The fourth-order valence-corrected chi connectivity index (χ4v) is 3.37. The van der Waals surface area contributed by atoms with Crippen molar-refractivity contribution < 1.29 is 0 Å². The monoisotopic (exact) mass is 348 g/mol. The van der Waals surface area contributed by atoms with Crippen LogP contribution < -0.4 is 26.0 Å². The highest BCUT2D eigenvalue weighted by molar-refractivity contribution is 5.75. The van der Waals surface area contributed by atoms with E-state index in [9.17, 15) is 9.59 Å². The molecule has 0 saturated carbocycles. The SMILES string of the molecule is O=c1c(NCc2cccnc2)c(N2CCN(c3ccccc3)CC2)c1=O. The molecule has 1 saturated heterocycles. The van der Waals surface area contributed by atoms with Crippen LogP contribution in [-0.2, 0) is 6.54 Å². The van der Waals surface area contributed by atoms with E-state index < -0.39 is 5.43 Å². The van der Waals surface area contributed by atoms with E-state index in [4.69, 9.17) is 0 Å². The molecule has 2 heterocycles. The summed E-state index contributed by atoms with van der Waals surface area (Å²) in [5.74, 6) is 0. The van der Waals surface area contributed by atoms with E-state index in [-0.39, 0.29) is 5.43 Å². The van der Waals surface area contributed by atoms with Crippen molar-refractivity contribution in [2.45, 2.75) is 6.54 Å². The second-order valence-electron chi connectivity index (χ2n) is 6.41. The Bertz CT molecular complexity index is 941. The fraction of sp³-hybridized carbons (Fsp3) is 0.250. The molecule has 0 aliphatic carbocycles. The second-order valence-corrected chi connectivity index (χ2v) is 6.41. The predicted octanol–water partition coefficient (Wildman–Crippen LogP) is 1.62. The van der Waals surface area contributed by atoms with Gasteiger partial charge in [0.25, 0.3) is 10.9 Å². The molecule has 0 atom stereocenters. The Morgan fingerprint density at radius 2 is 1.62 bits per heavy atom. The molecule has 2 aromatic carbocycles. The number of nitrogens with zero attached hydrogens (tertiary/aromatic N) is 3. The molecule has 3 aromatic rings. The van der Waals surface area contributed by atoms with Crippen LogP contribution in [0.25, 0.3) is 0 Å². The van der Waals surface area contributed by atoms with E-state index in [0.29, 0.717) is 17.9 Å². The molecule has 6 heteroatoms. The van der Waals surface area contributed by atoms with Gasteiger partial charge in [-0.2, -0.15) is 0 Å². The van der Waals surface area contributed by atoms with Crippen molar-refractivity contribution in [3.63, 3.8) is 0 Å². The van der Waals surface area contributed by atoms with Crippen LogP contribution in [-0.4, -0.2) is 31.2 Å². The molecule has 132 valence electrons. The van der Waals surface area contributed by atoms with Crippen LogP contribution in [0.4, 0.5) is 17.1 Å². The van der Waals surface area contributed by atoms with Crippen molar-refractivity contribution in [2.75, 3.05) is 41.3 Å². The Labute approximate surface area is 151 Å². The molecular formula is C20H20N4O2. The van der Waals surface area contributed by atoms with Gasteiger partial charge in [-0.15, -0.1) is 0 Å². The predicted molar refractivity (Wildman–Crippen MR) is 104 cm³/mol. The van der Waals surface area contributed by atoms with Crippen molar-refractivity contribution in [1.82, 2.24) is 4.98 Å². The zero-order valence-corrected chi connectivity index (χ0v) is 14.4. The number of aromatic nitrogens is 1. The van der Waals surface area contributed by atoms with Crippen molar-refractivity contribution >= 4 is 17.1 Å². The summed E-state index contributed by atoms with van der Waals surface area (Å²) >= 11 is 0. The van der Waals surface area contributed by atoms with E-state index in [2.05, 4.69) is 27.3 Å². The third-order valence-corrected chi connectivity index (χ3v) is 4.79. The Morgan fingerprint density at radius 1 is 0.885 bits per heavy atom. The van der Waals surface area contributed by atoms with Gasteiger partial charge in [-0.05, 0) is 23.8 Å². The number of anilines is 3. The maximum Gasteiger partial charge on any atom is 0.253 e. The van der Waals surface area contributed by atoms with Crippen LogP contribution in [0.15, 0.2) is 64.4 Å². The summed E-state index contributed by atoms with van der Waals surface area (Å²) in [6, 6.07) is 14.0. The first kappa shape index (κ1) is 16.3. The molecule has 1 N–H and O–H groups in total. The highest BCUT2D eigenvalue weighted by Gasteiger charge is 2.28. The molecule has 4 rings (SSSR count). The van der Waals surface area contributed by atoms with Gasteiger partial charge >= 0.3 is 0 Å².